The minimum atomic E-state index is -0.934. The van der Waals surface area contributed by atoms with Gasteiger partial charge in [-0.15, -0.1) is 0 Å². The molecule has 3 heteroatoms. The quantitative estimate of drug-likeness (QED) is 0.673. The molecule has 0 unspecified atom stereocenters. The van der Waals surface area contributed by atoms with Gasteiger partial charge in [-0.25, -0.2) is 4.79 Å². The average molecular weight is 163 g/mol. The second-order valence-electron chi connectivity index (χ2n) is 2.41. The average Bonchev–Trinajstić information content (AvgIpc) is 2.05. The molecule has 0 aliphatic rings. The Morgan fingerprint density at radius 2 is 2.42 bits per heavy atom. The molecule has 1 rings (SSSR count). The summed E-state index contributed by atoms with van der Waals surface area (Å²) < 4.78 is 0. The Kier molecular flexibility index (Phi) is 2.58. The van der Waals surface area contributed by atoms with Crippen LogP contribution in [0, 0.1) is 0 Å². The van der Waals surface area contributed by atoms with E-state index in [0.717, 1.165) is 11.6 Å². The number of hydrogen-bond donors (Lipinski definition) is 1. The Morgan fingerprint density at radius 1 is 1.67 bits per heavy atom. The zero-order chi connectivity index (χ0) is 8.97. The van der Waals surface area contributed by atoms with Crippen LogP contribution in [0.25, 0.3) is 5.57 Å². The van der Waals surface area contributed by atoms with E-state index in [0.29, 0.717) is 5.57 Å². The number of pyridine rings is 1. The van der Waals surface area contributed by atoms with Gasteiger partial charge in [0, 0.05) is 18.5 Å². The smallest absolute Gasteiger partial charge is 0.328 e. The summed E-state index contributed by atoms with van der Waals surface area (Å²) in [6.45, 7) is 1.74. The lowest BCUT2D eigenvalue weighted by Crippen LogP contribution is -1.90. The molecule has 0 aliphatic heterocycles. The van der Waals surface area contributed by atoms with Crippen LogP contribution in [0.1, 0.15) is 12.5 Å². The van der Waals surface area contributed by atoms with Gasteiger partial charge in [0.25, 0.3) is 0 Å². The number of carbonyl (C=O) groups is 1. The lowest BCUT2D eigenvalue weighted by Gasteiger charge is -1.97. The maximum atomic E-state index is 10.3. The van der Waals surface area contributed by atoms with E-state index < -0.39 is 5.97 Å². The molecule has 0 radical (unpaired) electrons. The first-order valence-corrected chi connectivity index (χ1v) is 3.52. The summed E-state index contributed by atoms with van der Waals surface area (Å²) in [5.41, 5.74) is 1.54. The molecule has 12 heavy (non-hydrogen) atoms. The Morgan fingerprint density at radius 3 is 2.92 bits per heavy atom. The molecule has 0 saturated carbocycles. The molecule has 0 atom stereocenters. The van der Waals surface area contributed by atoms with E-state index in [2.05, 4.69) is 4.98 Å². The Labute approximate surface area is 70.4 Å². The number of nitrogens with zero attached hydrogens (tertiary/aromatic N) is 1. The van der Waals surface area contributed by atoms with Crippen molar-refractivity contribution in [3.05, 3.63) is 36.2 Å². The maximum absolute atomic E-state index is 10.3. The topological polar surface area (TPSA) is 50.2 Å². The van der Waals surface area contributed by atoms with Crippen molar-refractivity contribution in [1.29, 1.82) is 0 Å². The lowest BCUT2D eigenvalue weighted by molar-refractivity contribution is -0.131. The van der Waals surface area contributed by atoms with Crippen LogP contribution in [-0.4, -0.2) is 16.1 Å². The molecule has 1 aromatic rings. The van der Waals surface area contributed by atoms with Gasteiger partial charge in [0.15, 0.2) is 0 Å². The molecule has 1 aromatic heterocycles. The fourth-order valence-corrected chi connectivity index (χ4v) is 0.865. The van der Waals surface area contributed by atoms with Crippen LogP contribution in [0.4, 0.5) is 0 Å². The van der Waals surface area contributed by atoms with E-state index in [9.17, 15) is 4.79 Å². The van der Waals surface area contributed by atoms with Crippen molar-refractivity contribution in [2.75, 3.05) is 0 Å². The summed E-state index contributed by atoms with van der Waals surface area (Å²) in [5, 5.41) is 8.45. The highest BCUT2D eigenvalue weighted by Crippen LogP contribution is 2.10. The standard InChI is InChI=1S/C9H9NO2/c1-7(5-9(11)12)8-3-2-4-10-6-8/h2-6H,1H3,(H,11,12)/b7-5-. The minimum absolute atomic E-state index is 0.704. The second kappa shape index (κ2) is 3.67. The van der Waals surface area contributed by atoms with Gasteiger partial charge in [0.2, 0.25) is 0 Å². The largest absolute Gasteiger partial charge is 0.478 e. The third-order valence-electron chi connectivity index (χ3n) is 1.46. The Hall–Kier alpha value is -1.64. The Balaban J connectivity index is 2.93. The molecule has 3 nitrogen and oxygen atoms in total. The monoisotopic (exact) mass is 163 g/mol. The van der Waals surface area contributed by atoms with Crippen molar-refractivity contribution in [3.63, 3.8) is 0 Å². The van der Waals surface area contributed by atoms with Crippen molar-refractivity contribution < 1.29 is 9.90 Å². The van der Waals surface area contributed by atoms with E-state index in [1.54, 1.807) is 25.4 Å². The van der Waals surface area contributed by atoms with Crippen LogP contribution < -0.4 is 0 Å². The molecule has 62 valence electrons. The number of aliphatic carboxylic acids is 1. The SMILES string of the molecule is C/C(=C/C(=O)O)c1cccnc1. The molecule has 0 saturated heterocycles. The third kappa shape index (κ3) is 2.20. The van der Waals surface area contributed by atoms with Crippen molar-refractivity contribution in [1.82, 2.24) is 4.98 Å². The highest BCUT2D eigenvalue weighted by atomic mass is 16.4. The molecular weight excluding hydrogens is 154 g/mol. The zero-order valence-electron chi connectivity index (χ0n) is 6.69. The molecule has 1 N–H and O–H groups in total. The van der Waals surface area contributed by atoms with Crippen molar-refractivity contribution in [2.24, 2.45) is 0 Å². The Bertz CT molecular complexity index is 304. The molecule has 0 amide bonds. The van der Waals surface area contributed by atoms with Crippen LogP contribution in [0.3, 0.4) is 0 Å². The molecule has 1 heterocycles. The minimum Gasteiger partial charge on any atom is -0.478 e. The zero-order valence-corrected chi connectivity index (χ0v) is 6.69. The lowest BCUT2D eigenvalue weighted by atomic mass is 10.1. The fourth-order valence-electron chi connectivity index (χ4n) is 0.865. The van der Waals surface area contributed by atoms with Crippen molar-refractivity contribution in [3.8, 4) is 0 Å². The number of hydrogen-bond acceptors (Lipinski definition) is 2. The predicted molar refractivity (Wildman–Crippen MR) is 45.5 cm³/mol. The van der Waals surface area contributed by atoms with Gasteiger partial charge < -0.3 is 5.11 Å². The van der Waals surface area contributed by atoms with Crippen LogP contribution in [-0.2, 0) is 4.79 Å². The van der Waals surface area contributed by atoms with E-state index in [1.165, 1.54) is 0 Å². The van der Waals surface area contributed by atoms with Crippen LogP contribution >= 0.6 is 0 Å². The number of rotatable bonds is 2. The first-order chi connectivity index (χ1) is 5.70. The van der Waals surface area contributed by atoms with E-state index >= 15 is 0 Å². The highest BCUT2D eigenvalue weighted by Gasteiger charge is 1.96. The summed E-state index contributed by atoms with van der Waals surface area (Å²) in [7, 11) is 0. The summed E-state index contributed by atoms with van der Waals surface area (Å²) in [4.78, 5) is 14.2. The van der Waals surface area contributed by atoms with Gasteiger partial charge in [-0.05, 0) is 24.1 Å². The molecule has 0 bridgehead atoms. The van der Waals surface area contributed by atoms with Crippen molar-refractivity contribution in [2.45, 2.75) is 6.92 Å². The first kappa shape index (κ1) is 8.46. The number of allylic oxidation sites excluding steroid dienone is 1. The summed E-state index contributed by atoms with van der Waals surface area (Å²) in [5.74, 6) is -0.934. The molecule has 0 aromatic carbocycles. The number of carboxylic acids is 1. The van der Waals surface area contributed by atoms with E-state index in [4.69, 9.17) is 5.11 Å². The van der Waals surface area contributed by atoms with Crippen LogP contribution in [0.2, 0.25) is 0 Å². The van der Waals surface area contributed by atoms with Gasteiger partial charge in [0.05, 0.1) is 0 Å². The molecular formula is C9H9NO2. The molecule has 0 aliphatic carbocycles. The molecule has 0 spiro atoms. The maximum Gasteiger partial charge on any atom is 0.328 e. The predicted octanol–water partition coefficient (Wildman–Crippen LogP) is 1.57. The summed E-state index contributed by atoms with van der Waals surface area (Å²) >= 11 is 0. The van der Waals surface area contributed by atoms with E-state index in [-0.39, 0.29) is 0 Å². The summed E-state index contributed by atoms with van der Waals surface area (Å²) in [6.07, 6.45) is 4.45. The van der Waals surface area contributed by atoms with Gasteiger partial charge in [0.1, 0.15) is 0 Å². The van der Waals surface area contributed by atoms with Gasteiger partial charge >= 0.3 is 5.97 Å². The third-order valence-corrected chi connectivity index (χ3v) is 1.46. The van der Waals surface area contributed by atoms with Gasteiger partial charge in [-0.1, -0.05) is 6.07 Å². The van der Waals surface area contributed by atoms with Gasteiger partial charge in [-0.2, -0.15) is 0 Å². The highest BCUT2D eigenvalue weighted by molar-refractivity contribution is 5.89. The fraction of sp³-hybridized carbons (Fsp3) is 0.111. The van der Waals surface area contributed by atoms with E-state index in [1.807, 2.05) is 6.07 Å². The van der Waals surface area contributed by atoms with Crippen molar-refractivity contribution >= 4 is 11.5 Å². The number of carboxylic acid groups (broad SMARTS) is 1. The summed E-state index contributed by atoms with van der Waals surface area (Å²) in [6, 6.07) is 3.59. The molecule has 0 fully saturated rings. The number of aromatic nitrogens is 1. The van der Waals surface area contributed by atoms with Crippen LogP contribution in [0.15, 0.2) is 30.6 Å². The normalized spacial score (nSPS) is 11.2. The second-order valence-corrected chi connectivity index (χ2v) is 2.41. The first-order valence-electron chi connectivity index (χ1n) is 3.52. The van der Waals surface area contributed by atoms with Gasteiger partial charge in [-0.3, -0.25) is 4.98 Å². The van der Waals surface area contributed by atoms with Crippen LogP contribution in [0.5, 0.6) is 0 Å².